The highest BCUT2D eigenvalue weighted by atomic mass is 79.9. The third kappa shape index (κ3) is 2.27. The molecule has 2 aromatic rings. The molecule has 0 spiro atoms. The SMILES string of the molecule is O=C(NC1(CBr)CCC1)c1cccc2ccccc12. The van der Waals surface area contributed by atoms with Gasteiger partial charge >= 0.3 is 0 Å². The van der Waals surface area contributed by atoms with Crippen LogP contribution in [0, 0.1) is 0 Å². The van der Waals surface area contributed by atoms with E-state index in [9.17, 15) is 4.79 Å². The van der Waals surface area contributed by atoms with Crippen molar-refractivity contribution in [1.29, 1.82) is 0 Å². The molecule has 0 aliphatic heterocycles. The lowest BCUT2D eigenvalue weighted by molar-refractivity contribution is 0.0858. The molecular formula is C16H16BrNO. The minimum absolute atomic E-state index is 0.0337. The van der Waals surface area contributed by atoms with Crippen molar-refractivity contribution in [3.8, 4) is 0 Å². The maximum atomic E-state index is 12.5. The average Bonchev–Trinajstić information content (AvgIpc) is 2.42. The number of carbonyl (C=O) groups excluding carboxylic acids is 1. The number of halogens is 1. The normalized spacial score (nSPS) is 16.9. The number of rotatable bonds is 3. The molecule has 1 aliphatic carbocycles. The number of alkyl halides is 1. The first kappa shape index (κ1) is 12.7. The van der Waals surface area contributed by atoms with E-state index in [0.29, 0.717) is 0 Å². The second-order valence-electron chi connectivity index (χ2n) is 5.25. The molecule has 1 amide bonds. The van der Waals surface area contributed by atoms with E-state index in [0.717, 1.165) is 34.5 Å². The number of benzene rings is 2. The maximum absolute atomic E-state index is 12.5. The molecule has 2 aromatic carbocycles. The first-order valence-corrected chi connectivity index (χ1v) is 7.72. The summed E-state index contributed by atoms with van der Waals surface area (Å²) in [6.07, 6.45) is 3.32. The summed E-state index contributed by atoms with van der Waals surface area (Å²) in [6.45, 7) is 0. The second-order valence-corrected chi connectivity index (χ2v) is 5.81. The molecule has 98 valence electrons. The quantitative estimate of drug-likeness (QED) is 0.855. The van der Waals surface area contributed by atoms with E-state index in [1.54, 1.807) is 0 Å². The highest BCUT2D eigenvalue weighted by molar-refractivity contribution is 9.09. The van der Waals surface area contributed by atoms with Crippen molar-refractivity contribution in [2.45, 2.75) is 24.8 Å². The van der Waals surface area contributed by atoms with E-state index in [1.807, 2.05) is 42.5 Å². The Labute approximate surface area is 121 Å². The van der Waals surface area contributed by atoms with Gasteiger partial charge < -0.3 is 5.32 Å². The monoisotopic (exact) mass is 317 g/mol. The number of hydrogen-bond acceptors (Lipinski definition) is 1. The van der Waals surface area contributed by atoms with Crippen molar-refractivity contribution >= 4 is 32.6 Å². The van der Waals surface area contributed by atoms with Crippen LogP contribution in [0.4, 0.5) is 0 Å². The Bertz CT molecular complexity index is 608. The Morgan fingerprint density at radius 3 is 2.58 bits per heavy atom. The summed E-state index contributed by atoms with van der Waals surface area (Å²) in [6, 6.07) is 13.9. The van der Waals surface area contributed by atoms with Gasteiger partial charge in [-0.25, -0.2) is 0 Å². The third-order valence-corrected chi connectivity index (χ3v) is 5.05. The largest absolute Gasteiger partial charge is 0.346 e. The summed E-state index contributed by atoms with van der Waals surface area (Å²) in [5.41, 5.74) is 0.735. The van der Waals surface area contributed by atoms with E-state index in [-0.39, 0.29) is 11.4 Å². The molecular weight excluding hydrogens is 302 g/mol. The lowest BCUT2D eigenvalue weighted by Gasteiger charge is -2.41. The van der Waals surface area contributed by atoms with Gasteiger partial charge in [0, 0.05) is 10.9 Å². The van der Waals surface area contributed by atoms with Gasteiger partial charge in [0.25, 0.3) is 5.91 Å². The first-order chi connectivity index (χ1) is 9.24. The Kier molecular flexibility index (Phi) is 3.31. The summed E-state index contributed by atoms with van der Waals surface area (Å²) < 4.78 is 0. The van der Waals surface area contributed by atoms with Crippen LogP contribution in [0.1, 0.15) is 29.6 Å². The van der Waals surface area contributed by atoms with Crippen LogP contribution < -0.4 is 5.32 Å². The molecule has 1 N–H and O–H groups in total. The molecule has 3 heteroatoms. The van der Waals surface area contributed by atoms with Crippen molar-refractivity contribution in [3.05, 3.63) is 48.0 Å². The van der Waals surface area contributed by atoms with Gasteiger partial charge in [-0.05, 0) is 36.1 Å². The van der Waals surface area contributed by atoms with Crippen LogP contribution in [0.3, 0.4) is 0 Å². The fourth-order valence-corrected chi connectivity index (χ4v) is 3.33. The zero-order chi connectivity index (χ0) is 13.3. The number of hydrogen-bond donors (Lipinski definition) is 1. The summed E-state index contributed by atoms with van der Waals surface area (Å²) in [5, 5.41) is 6.16. The van der Waals surface area contributed by atoms with E-state index >= 15 is 0 Å². The molecule has 19 heavy (non-hydrogen) atoms. The molecule has 2 nitrogen and oxygen atoms in total. The molecule has 0 bridgehead atoms. The Hall–Kier alpha value is -1.35. The minimum atomic E-state index is -0.0337. The lowest BCUT2D eigenvalue weighted by atomic mass is 9.78. The van der Waals surface area contributed by atoms with E-state index < -0.39 is 0 Å². The molecule has 0 radical (unpaired) electrons. The predicted octanol–water partition coefficient (Wildman–Crippen LogP) is 3.89. The molecule has 0 heterocycles. The van der Waals surface area contributed by atoms with Crippen LogP contribution in [0.5, 0.6) is 0 Å². The Morgan fingerprint density at radius 2 is 1.89 bits per heavy atom. The van der Waals surface area contributed by atoms with Crippen molar-refractivity contribution in [1.82, 2.24) is 5.32 Å². The molecule has 0 unspecified atom stereocenters. The lowest BCUT2D eigenvalue weighted by Crippen LogP contribution is -2.54. The summed E-state index contributed by atoms with van der Waals surface area (Å²) >= 11 is 3.52. The predicted molar refractivity (Wildman–Crippen MR) is 81.8 cm³/mol. The van der Waals surface area contributed by atoms with Gasteiger partial charge in [0.1, 0.15) is 0 Å². The van der Waals surface area contributed by atoms with Gasteiger partial charge in [-0.2, -0.15) is 0 Å². The second kappa shape index (κ2) is 4.97. The molecule has 0 atom stereocenters. The van der Waals surface area contributed by atoms with Gasteiger partial charge in [-0.3, -0.25) is 4.79 Å². The highest BCUT2D eigenvalue weighted by Crippen LogP contribution is 2.34. The highest BCUT2D eigenvalue weighted by Gasteiger charge is 2.37. The van der Waals surface area contributed by atoms with Crippen LogP contribution in [0.25, 0.3) is 10.8 Å². The van der Waals surface area contributed by atoms with Crippen molar-refractivity contribution in [2.75, 3.05) is 5.33 Å². The maximum Gasteiger partial charge on any atom is 0.252 e. The Balaban J connectivity index is 1.93. The van der Waals surface area contributed by atoms with Crippen LogP contribution in [0.15, 0.2) is 42.5 Å². The van der Waals surface area contributed by atoms with Crippen molar-refractivity contribution in [3.63, 3.8) is 0 Å². The number of fused-ring (bicyclic) bond motifs is 1. The van der Waals surface area contributed by atoms with E-state index in [2.05, 4.69) is 21.2 Å². The first-order valence-electron chi connectivity index (χ1n) is 6.60. The summed E-state index contributed by atoms with van der Waals surface area (Å²) in [5.74, 6) is 0.0379. The third-order valence-electron chi connectivity index (χ3n) is 3.98. The van der Waals surface area contributed by atoms with Gasteiger partial charge in [0.15, 0.2) is 0 Å². The molecule has 3 rings (SSSR count). The Morgan fingerprint density at radius 1 is 1.16 bits per heavy atom. The van der Waals surface area contributed by atoms with Crippen LogP contribution in [0.2, 0.25) is 0 Å². The summed E-state index contributed by atoms with van der Waals surface area (Å²) in [4.78, 5) is 12.5. The fraction of sp³-hybridized carbons (Fsp3) is 0.312. The number of carbonyl (C=O) groups is 1. The minimum Gasteiger partial charge on any atom is -0.346 e. The molecule has 1 saturated carbocycles. The fourth-order valence-electron chi connectivity index (χ4n) is 2.63. The smallest absolute Gasteiger partial charge is 0.252 e. The van der Waals surface area contributed by atoms with Crippen molar-refractivity contribution in [2.24, 2.45) is 0 Å². The standard InChI is InChI=1S/C16H16BrNO/c17-11-16(9-4-10-16)18-15(19)14-8-3-6-12-5-1-2-7-13(12)14/h1-3,5-8H,4,9-11H2,(H,18,19). The molecule has 1 fully saturated rings. The van der Waals surface area contributed by atoms with Crippen molar-refractivity contribution < 1.29 is 4.79 Å². The summed E-state index contributed by atoms with van der Waals surface area (Å²) in [7, 11) is 0. The van der Waals surface area contributed by atoms with Gasteiger partial charge in [-0.1, -0.05) is 52.3 Å². The molecule has 1 aliphatic rings. The van der Waals surface area contributed by atoms with Crippen LogP contribution in [-0.4, -0.2) is 16.8 Å². The zero-order valence-corrected chi connectivity index (χ0v) is 12.2. The van der Waals surface area contributed by atoms with Gasteiger partial charge in [-0.15, -0.1) is 0 Å². The topological polar surface area (TPSA) is 29.1 Å². The number of nitrogens with one attached hydrogen (secondary N) is 1. The van der Waals surface area contributed by atoms with Crippen LogP contribution in [-0.2, 0) is 0 Å². The molecule has 0 saturated heterocycles. The zero-order valence-electron chi connectivity index (χ0n) is 10.7. The van der Waals surface area contributed by atoms with Gasteiger partial charge in [0.2, 0.25) is 0 Å². The number of amides is 1. The average molecular weight is 318 g/mol. The van der Waals surface area contributed by atoms with Crippen LogP contribution >= 0.6 is 15.9 Å². The van der Waals surface area contributed by atoms with E-state index in [1.165, 1.54) is 6.42 Å². The van der Waals surface area contributed by atoms with Gasteiger partial charge in [0.05, 0.1) is 5.54 Å². The van der Waals surface area contributed by atoms with E-state index in [4.69, 9.17) is 0 Å². The molecule has 0 aromatic heterocycles.